The van der Waals surface area contributed by atoms with Gasteiger partial charge in [-0.15, -0.1) is 0 Å². The molecule has 1 aliphatic carbocycles. The molecule has 0 amide bonds. The molecule has 0 unspecified atom stereocenters. The lowest BCUT2D eigenvalue weighted by Gasteiger charge is -2.42. The molecular weight excluding hydrogens is 477 g/mol. The predicted molar refractivity (Wildman–Crippen MR) is 129 cm³/mol. The van der Waals surface area contributed by atoms with Gasteiger partial charge in [0.2, 0.25) is 0 Å². The highest BCUT2D eigenvalue weighted by Crippen LogP contribution is 2.50. The van der Waals surface area contributed by atoms with Crippen LogP contribution in [0.25, 0.3) is 0 Å². The fourth-order valence-electron chi connectivity index (χ4n) is 5.10. The van der Waals surface area contributed by atoms with Gasteiger partial charge in [0, 0.05) is 42.1 Å². The summed E-state index contributed by atoms with van der Waals surface area (Å²) in [6, 6.07) is 6.00. The Kier molecular flexibility index (Phi) is 5.29. The van der Waals surface area contributed by atoms with Crippen molar-refractivity contribution in [3.8, 4) is 0 Å². The Labute approximate surface area is 205 Å². The predicted octanol–water partition coefficient (Wildman–Crippen LogP) is 4.65. The van der Waals surface area contributed by atoms with Crippen LogP contribution in [0.1, 0.15) is 35.8 Å². The number of piperidine rings is 1. The van der Waals surface area contributed by atoms with Crippen molar-refractivity contribution in [2.75, 3.05) is 13.1 Å². The molecule has 0 aromatic carbocycles. The molecule has 1 spiro atoms. The highest BCUT2D eigenvalue weighted by atomic mass is 35.5. The molecule has 0 bridgehead atoms. The second kappa shape index (κ2) is 8.20. The van der Waals surface area contributed by atoms with E-state index in [4.69, 9.17) is 38.9 Å². The summed E-state index contributed by atoms with van der Waals surface area (Å²) < 4.78 is 0. The number of halogens is 2. The number of nitrogens with two attached hydrogens (primary N) is 1. The summed E-state index contributed by atoms with van der Waals surface area (Å²) in [6.45, 7) is 1.86. The molecule has 1 fully saturated rings. The van der Waals surface area contributed by atoms with Crippen LogP contribution in [0, 0.1) is 5.41 Å². The molecule has 7 nitrogen and oxygen atoms in total. The number of aliphatic imine (C=N–C) groups is 1. The standard InChI is InChI=1S/C23H21Cl2N7S/c24-19-16(3-7-28-21(19)25)33-18-12-29-22-14(30-18)10-17(31-22)32-8-4-23(5-9-32)11-15-13(20(23)26)2-1-6-27-15/h1-3,6-7,12,20H,4-5,8-11,26H2/t20-/m1/s1. The summed E-state index contributed by atoms with van der Waals surface area (Å²) in [5, 5.41) is 1.47. The van der Waals surface area contributed by atoms with Crippen LogP contribution in [0.2, 0.25) is 10.2 Å². The first-order valence-corrected chi connectivity index (χ1v) is 12.5. The first-order chi connectivity index (χ1) is 16.0. The van der Waals surface area contributed by atoms with Crippen LogP contribution in [-0.4, -0.2) is 43.8 Å². The zero-order valence-corrected chi connectivity index (χ0v) is 20.0. The zero-order chi connectivity index (χ0) is 22.6. The molecular formula is C23H21Cl2N7S. The molecule has 3 aromatic heterocycles. The Morgan fingerprint density at radius 2 is 1.91 bits per heavy atom. The minimum absolute atomic E-state index is 0.0579. The maximum Gasteiger partial charge on any atom is 0.176 e. The quantitative estimate of drug-likeness (QED) is 0.514. The van der Waals surface area contributed by atoms with E-state index < -0.39 is 0 Å². The molecule has 33 heavy (non-hydrogen) atoms. The van der Waals surface area contributed by atoms with Gasteiger partial charge < -0.3 is 10.6 Å². The largest absolute Gasteiger partial charge is 0.360 e. The molecule has 1 saturated heterocycles. The maximum atomic E-state index is 6.69. The van der Waals surface area contributed by atoms with Gasteiger partial charge in [0.15, 0.2) is 5.82 Å². The Morgan fingerprint density at radius 3 is 2.73 bits per heavy atom. The molecule has 1 atom stereocenters. The van der Waals surface area contributed by atoms with Gasteiger partial charge in [-0.05, 0) is 42.4 Å². The lowest BCUT2D eigenvalue weighted by atomic mass is 9.73. The summed E-state index contributed by atoms with van der Waals surface area (Å²) >= 11 is 13.7. The van der Waals surface area contributed by atoms with E-state index in [-0.39, 0.29) is 16.6 Å². The van der Waals surface area contributed by atoms with Crippen LogP contribution in [0.15, 0.2) is 51.7 Å². The number of rotatable bonds is 2. The van der Waals surface area contributed by atoms with E-state index in [1.54, 1.807) is 12.4 Å². The van der Waals surface area contributed by atoms with Gasteiger partial charge in [-0.3, -0.25) is 4.98 Å². The van der Waals surface area contributed by atoms with E-state index in [2.05, 4.69) is 25.9 Å². The minimum atomic E-state index is 0.0579. The first kappa shape index (κ1) is 21.3. The van der Waals surface area contributed by atoms with Crippen molar-refractivity contribution in [2.45, 2.75) is 41.6 Å². The number of likely N-dealkylation sites (tertiary alicyclic amines) is 1. The molecule has 2 N–H and O–H groups in total. The van der Waals surface area contributed by atoms with Crippen molar-refractivity contribution in [1.82, 2.24) is 24.8 Å². The number of hydrogen-bond acceptors (Lipinski definition) is 8. The third-order valence-electron chi connectivity index (χ3n) is 6.95. The summed E-state index contributed by atoms with van der Waals surface area (Å²) in [5.41, 5.74) is 10.1. The second-order valence-corrected chi connectivity index (χ2v) is 10.5. The second-order valence-electron chi connectivity index (χ2n) is 8.74. The summed E-state index contributed by atoms with van der Waals surface area (Å²) in [6.07, 6.45) is 8.94. The lowest BCUT2D eigenvalue weighted by molar-refractivity contribution is 0.126. The topological polar surface area (TPSA) is 93.2 Å². The highest BCUT2D eigenvalue weighted by molar-refractivity contribution is 7.99. The minimum Gasteiger partial charge on any atom is -0.360 e. The van der Waals surface area contributed by atoms with E-state index in [9.17, 15) is 0 Å². The molecule has 3 aromatic rings. The SMILES string of the molecule is N[C@@H]1c2cccnc2CC12CCN(C1=Nc3ncc(Sc4ccnc(Cl)c4Cl)nc3C1)CC2. The third-order valence-corrected chi connectivity index (χ3v) is 8.79. The molecule has 10 heteroatoms. The maximum absolute atomic E-state index is 6.69. The number of fused-ring (bicyclic) bond motifs is 2. The van der Waals surface area contributed by atoms with Crippen molar-refractivity contribution in [3.05, 3.63) is 63.9 Å². The van der Waals surface area contributed by atoms with E-state index >= 15 is 0 Å². The Morgan fingerprint density at radius 1 is 1.06 bits per heavy atom. The average Bonchev–Trinajstić information content (AvgIpc) is 3.37. The zero-order valence-electron chi connectivity index (χ0n) is 17.7. The molecule has 0 radical (unpaired) electrons. The van der Waals surface area contributed by atoms with Crippen LogP contribution < -0.4 is 5.73 Å². The van der Waals surface area contributed by atoms with Gasteiger partial charge in [-0.2, -0.15) is 0 Å². The lowest BCUT2D eigenvalue weighted by Crippen LogP contribution is -2.46. The van der Waals surface area contributed by atoms with Gasteiger partial charge in [0.25, 0.3) is 0 Å². The van der Waals surface area contributed by atoms with Crippen LogP contribution in [0.5, 0.6) is 0 Å². The molecule has 0 saturated carbocycles. The first-order valence-electron chi connectivity index (χ1n) is 10.9. The summed E-state index contributed by atoms with van der Waals surface area (Å²) in [4.78, 5) is 25.9. The third kappa shape index (κ3) is 3.69. The van der Waals surface area contributed by atoms with Crippen molar-refractivity contribution < 1.29 is 0 Å². The van der Waals surface area contributed by atoms with E-state index in [0.29, 0.717) is 17.3 Å². The van der Waals surface area contributed by atoms with Gasteiger partial charge in [-0.25, -0.2) is 19.9 Å². The molecule has 2 aliphatic heterocycles. The molecule has 5 heterocycles. The Bertz CT molecular complexity index is 1270. The number of pyridine rings is 2. The summed E-state index contributed by atoms with van der Waals surface area (Å²) in [5.74, 6) is 1.73. The van der Waals surface area contributed by atoms with Crippen LogP contribution in [0.4, 0.5) is 5.82 Å². The normalized spacial score (nSPS) is 20.6. The van der Waals surface area contributed by atoms with Gasteiger partial charge in [-0.1, -0.05) is 41.0 Å². The fraction of sp³-hybridized carbons (Fsp3) is 0.348. The highest BCUT2D eigenvalue weighted by Gasteiger charge is 2.47. The monoisotopic (exact) mass is 497 g/mol. The smallest absolute Gasteiger partial charge is 0.176 e. The van der Waals surface area contributed by atoms with E-state index in [1.165, 1.54) is 17.3 Å². The van der Waals surface area contributed by atoms with Crippen LogP contribution >= 0.6 is 35.0 Å². The van der Waals surface area contributed by atoms with Gasteiger partial charge >= 0.3 is 0 Å². The Balaban J connectivity index is 1.13. The van der Waals surface area contributed by atoms with Crippen LogP contribution in [0.3, 0.4) is 0 Å². The molecule has 168 valence electrons. The fourth-order valence-corrected chi connectivity index (χ4v) is 6.35. The van der Waals surface area contributed by atoms with Gasteiger partial charge in [0.05, 0.1) is 23.3 Å². The van der Waals surface area contributed by atoms with Crippen molar-refractivity contribution in [3.63, 3.8) is 0 Å². The average molecular weight is 498 g/mol. The molecule has 3 aliphatic rings. The van der Waals surface area contributed by atoms with Gasteiger partial charge in [0.1, 0.15) is 16.0 Å². The van der Waals surface area contributed by atoms with Crippen molar-refractivity contribution >= 4 is 46.6 Å². The number of amidine groups is 1. The van der Waals surface area contributed by atoms with E-state index in [0.717, 1.165) is 59.5 Å². The number of aromatic nitrogens is 4. The Hall–Kier alpha value is -2.26. The number of hydrogen-bond donors (Lipinski definition) is 1. The van der Waals surface area contributed by atoms with Crippen molar-refractivity contribution in [2.24, 2.45) is 16.1 Å². The molecule has 6 rings (SSSR count). The van der Waals surface area contributed by atoms with Crippen molar-refractivity contribution in [1.29, 1.82) is 0 Å². The van der Waals surface area contributed by atoms with E-state index in [1.807, 2.05) is 18.3 Å². The number of nitrogens with zero attached hydrogens (tertiary/aromatic N) is 6. The summed E-state index contributed by atoms with van der Waals surface area (Å²) in [7, 11) is 0. The van der Waals surface area contributed by atoms with Crippen LogP contribution in [-0.2, 0) is 12.8 Å².